The molecule has 2 aromatic carbocycles. The highest BCUT2D eigenvalue weighted by atomic mass is 32.1. The number of anilines is 1. The SMILES string of the molecule is Cc1sc(-c2cccc(NC(=O)CC#N)c2)nc1-c1ccccc1. The zero-order valence-electron chi connectivity index (χ0n) is 13.1. The highest BCUT2D eigenvalue weighted by Crippen LogP contribution is 2.33. The molecule has 0 fully saturated rings. The molecule has 0 spiro atoms. The van der Waals surface area contributed by atoms with E-state index in [4.69, 9.17) is 10.2 Å². The highest BCUT2D eigenvalue weighted by Gasteiger charge is 2.12. The van der Waals surface area contributed by atoms with Gasteiger partial charge in [-0.3, -0.25) is 4.79 Å². The van der Waals surface area contributed by atoms with Crippen LogP contribution in [0.5, 0.6) is 0 Å². The van der Waals surface area contributed by atoms with Crippen molar-refractivity contribution in [2.45, 2.75) is 13.3 Å². The summed E-state index contributed by atoms with van der Waals surface area (Å²) >= 11 is 1.62. The zero-order valence-corrected chi connectivity index (χ0v) is 13.9. The second-order valence-electron chi connectivity index (χ2n) is 5.25. The normalized spacial score (nSPS) is 10.2. The van der Waals surface area contributed by atoms with Gasteiger partial charge in [-0.25, -0.2) is 4.98 Å². The van der Waals surface area contributed by atoms with E-state index in [9.17, 15) is 4.79 Å². The number of benzene rings is 2. The average Bonchev–Trinajstić information content (AvgIpc) is 2.98. The van der Waals surface area contributed by atoms with Gasteiger partial charge in [0.1, 0.15) is 11.4 Å². The maximum absolute atomic E-state index is 11.6. The molecule has 1 N–H and O–H groups in total. The maximum Gasteiger partial charge on any atom is 0.238 e. The van der Waals surface area contributed by atoms with Crippen LogP contribution in [0.2, 0.25) is 0 Å². The molecule has 0 aliphatic carbocycles. The minimum Gasteiger partial charge on any atom is -0.325 e. The van der Waals surface area contributed by atoms with Gasteiger partial charge in [0.05, 0.1) is 11.8 Å². The van der Waals surface area contributed by atoms with Crippen molar-refractivity contribution in [3.63, 3.8) is 0 Å². The van der Waals surface area contributed by atoms with Crippen LogP contribution >= 0.6 is 11.3 Å². The Morgan fingerprint density at radius 1 is 1.17 bits per heavy atom. The summed E-state index contributed by atoms with van der Waals surface area (Å²) in [6.45, 7) is 2.06. The topological polar surface area (TPSA) is 65.8 Å². The molecule has 24 heavy (non-hydrogen) atoms. The van der Waals surface area contributed by atoms with E-state index >= 15 is 0 Å². The monoisotopic (exact) mass is 333 g/mol. The van der Waals surface area contributed by atoms with Gasteiger partial charge in [0.25, 0.3) is 0 Å². The Balaban J connectivity index is 1.90. The maximum atomic E-state index is 11.6. The van der Waals surface area contributed by atoms with Crippen molar-refractivity contribution < 1.29 is 4.79 Å². The van der Waals surface area contributed by atoms with E-state index in [0.717, 1.165) is 26.7 Å². The molecule has 0 saturated carbocycles. The first-order valence-electron chi connectivity index (χ1n) is 7.47. The first-order chi connectivity index (χ1) is 11.7. The molecule has 0 bridgehead atoms. The zero-order chi connectivity index (χ0) is 16.9. The highest BCUT2D eigenvalue weighted by molar-refractivity contribution is 7.15. The van der Waals surface area contributed by atoms with Crippen LogP contribution in [0.4, 0.5) is 5.69 Å². The molecule has 0 atom stereocenters. The second kappa shape index (κ2) is 7.07. The summed E-state index contributed by atoms with van der Waals surface area (Å²) in [7, 11) is 0. The number of nitrogens with one attached hydrogen (secondary N) is 1. The number of thiazole rings is 1. The predicted molar refractivity (Wildman–Crippen MR) is 96.6 cm³/mol. The number of carbonyl (C=O) groups is 1. The van der Waals surface area contributed by atoms with Crippen molar-refractivity contribution in [3.05, 3.63) is 59.5 Å². The number of carbonyl (C=O) groups excluding carboxylic acids is 1. The number of nitrogens with zero attached hydrogens (tertiary/aromatic N) is 2. The number of aryl methyl sites for hydroxylation is 1. The largest absolute Gasteiger partial charge is 0.325 e. The Morgan fingerprint density at radius 3 is 2.67 bits per heavy atom. The van der Waals surface area contributed by atoms with E-state index in [2.05, 4.69) is 12.2 Å². The summed E-state index contributed by atoms with van der Waals surface area (Å²) in [5.74, 6) is -0.310. The number of nitriles is 1. The lowest BCUT2D eigenvalue weighted by atomic mass is 10.1. The number of aromatic nitrogens is 1. The van der Waals surface area contributed by atoms with E-state index in [1.54, 1.807) is 17.4 Å². The van der Waals surface area contributed by atoms with Crippen LogP contribution in [-0.2, 0) is 4.79 Å². The third-order valence-electron chi connectivity index (χ3n) is 3.48. The Kier molecular flexibility index (Phi) is 4.69. The summed E-state index contributed by atoms with van der Waals surface area (Å²) in [5, 5.41) is 12.2. The molecule has 3 rings (SSSR count). The lowest BCUT2D eigenvalue weighted by molar-refractivity contribution is -0.115. The van der Waals surface area contributed by atoms with Crippen molar-refractivity contribution >= 4 is 22.9 Å². The van der Waals surface area contributed by atoms with Crippen molar-refractivity contribution in [1.29, 1.82) is 5.26 Å². The number of hydrogen-bond donors (Lipinski definition) is 1. The first kappa shape index (κ1) is 15.9. The summed E-state index contributed by atoms with van der Waals surface area (Å²) in [6, 6.07) is 19.4. The van der Waals surface area contributed by atoms with E-state index < -0.39 is 0 Å². The van der Waals surface area contributed by atoms with Gasteiger partial charge in [-0.15, -0.1) is 11.3 Å². The number of rotatable bonds is 4. The van der Waals surface area contributed by atoms with Gasteiger partial charge in [-0.1, -0.05) is 42.5 Å². The molecule has 3 aromatic rings. The first-order valence-corrected chi connectivity index (χ1v) is 8.29. The van der Waals surface area contributed by atoms with Gasteiger partial charge in [0.15, 0.2) is 0 Å². The molecular weight excluding hydrogens is 318 g/mol. The fourth-order valence-electron chi connectivity index (χ4n) is 2.39. The molecule has 1 amide bonds. The summed E-state index contributed by atoms with van der Waals surface area (Å²) < 4.78 is 0. The van der Waals surface area contributed by atoms with Crippen LogP contribution < -0.4 is 5.32 Å². The third-order valence-corrected chi connectivity index (χ3v) is 4.50. The van der Waals surface area contributed by atoms with Crippen LogP contribution in [0.1, 0.15) is 11.3 Å². The van der Waals surface area contributed by atoms with Gasteiger partial charge in [0.2, 0.25) is 5.91 Å². The third kappa shape index (κ3) is 3.50. The molecule has 4 nitrogen and oxygen atoms in total. The lowest BCUT2D eigenvalue weighted by Gasteiger charge is -2.04. The minimum atomic E-state index is -0.310. The Hall–Kier alpha value is -2.97. The molecule has 0 radical (unpaired) electrons. The molecule has 118 valence electrons. The molecule has 1 heterocycles. The fourth-order valence-corrected chi connectivity index (χ4v) is 3.32. The second-order valence-corrected chi connectivity index (χ2v) is 6.46. The van der Waals surface area contributed by atoms with Gasteiger partial charge in [-0.2, -0.15) is 5.26 Å². The van der Waals surface area contributed by atoms with E-state index in [1.165, 1.54) is 0 Å². The van der Waals surface area contributed by atoms with Crippen LogP contribution in [0, 0.1) is 18.3 Å². The molecule has 0 saturated heterocycles. The summed E-state index contributed by atoms with van der Waals surface area (Å²) in [6.07, 6.45) is -0.154. The van der Waals surface area contributed by atoms with Crippen LogP contribution in [0.25, 0.3) is 21.8 Å². The van der Waals surface area contributed by atoms with Crippen molar-refractivity contribution in [2.75, 3.05) is 5.32 Å². The van der Waals surface area contributed by atoms with Crippen LogP contribution in [-0.4, -0.2) is 10.9 Å². The summed E-state index contributed by atoms with van der Waals surface area (Å²) in [5.41, 5.74) is 3.69. The van der Waals surface area contributed by atoms with Crippen molar-refractivity contribution in [3.8, 4) is 27.9 Å². The van der Waals surface area contributed by atoms with Crippen molar-refractivity contribution in [1.82, 2.24) is 4.98 Å². The van der Waals surface area contributed by atoms with E-state index in [1.807, 2.05) is 54.6 Å². The number of hydrogen-bond acceptors (Lipinski definition) is 4. The van der Waals surface area contributed by atoms with Crippen LogP contribution in [0.3, 0.4) is 0 Å². The van der Waals surface area contributed by atoms with Crippen LogP contribution in [0.15, 0.2) is 54.6 Å². The average molecular weight is 333 g/mol. The van der Waals surface area contributed by atoms with E-state index in [0.29, 0.717) is 5.69 Å². The van der Waals surface area contributed by atoms with Gasteiger partial charge in [0, 0.05) is 21.7 Å². The Labute approximate surface area is 144 Å². The Bertz CT molecular complexity index is 910. The molecule has 1 aromatic heterocycles. The van der Waals surface area contributed by atoms with E-state index in [-0.39, 0.29) is 12.3 Å². The van der Waals surface area contributed by atoms with Crippen molar-refractivity contribution in [2.24, 2.45) is 0 Å². The fraction of sp³-hybridized carbons (Fsp3) is 0.105. The van der Waals surface area contributed by atoms with Gasteiger partial charge >= 0.3 is 0 Å². The lowest BCUT2D eigenvalue weighted by Crippen LogP contribution is -2.09. The molecule has 0 aliphatic heterocycles. The quantitative estimate of drug-likeness (QED) is 0.756. The Morgan fingerprint density at radius 2 is 1.92 bits per heavy atom. The smallest absolute Gasteiger partial charge is 0.238 e. The number of amides is 1. The van der Waals surface area contributed by atoms with Gasteiger partial charge < -0.3 is 5.32 Å². The predicted octanol–water partition coefficient (Wildman–Crippen LogP) is 4.64. The molecular formula is C19H15N3OS. The summed E-state index contributed by atoms with van der Waals surface area (Å²) in [4.78, 5) is 17.5. The van der Waals surface area contributed by atoms with Gasteiger partial charge in [-0.05, 0) is 19.1 Å². The minimum absolute atomic E-state index is 0.154. The standard InChI is InChI=1S/C19H15N3OS/c1-13-18(14-6-3-2-4-7-14)22-19(24-13)15-8-5-9-16(12-15)21-17(23)10-11-20/h2-9,12H,10H2,1H3,(H,21,23). The molecule has 0 unspecified atom stereocenters. The molecule has 5 heteroatoms. The molecule has 0 aliphatic rings.